The maximum atomic E-state index is 14.1. The molecule has 118 valence electrons. The van der Waals surface area contributed by atoms with Gasteiger partial charge in [0.25, 0.3) is 15.0 Å². The molecule has 1 rings (SSSR count). The number of carbonyl (C=O) groups is 1. The second kappa shape index (κ2) is 6.27. The van der Waals surface area contributed by atoms with Gasteiger partial charge in [0.15, 0.2) is 5.82 Å². The molecule has 0 radical (unpaired) electrons. The third-order valence-electron chi connectivity index (χ3n) is 2.84. The van der Waals surface area contributed by atoms with Gasteiger partial charge in [-0.15, -0.1) is 0 Å². The molecule has 1 aromatic carbocycles. The lowest BCUT2D eigenvalue weighted by Crippen LogP contribution is -2.43. The molecule has 0 unspecified atom stereocenters. The minimum atomic E-state index is -4.49. The van der Waals surface area contributed by atoms with Crippen molar-refractivity contribution in [3.8, 4) is 0 Å². The topological polar surface area (TPSA) is 63.2 Å². The number of nitrogens with one attached hydrogen (secondary N) is 1. The minimum absolute atomic E-state index is 0.436. The van der Waals surface area contributed by atoms with Gasteiger partial charge in [-0.2, -0.15) is 0 Å². The van der Waals surface area contributed by atoms with Crippen molar-refractivity contribution in [1.82, 2.24) is 5.32 Å². The van der Waals surface area contributed by atoms with E-state index in [1.54, 1.807) is 13.8 Å². The first-order valence-electron chi connectivity index (χ1n) is 6.24. The summed E-state index contributed by atoms with van der Waals surface area (Å²) < 4.78 is 49.9. The fourth-order valence-corrected chi connectivity index (χ4v) is 2.88. The molecule has 0 fully saturated rings. The average Bonchev–Trinajstić information content (AvgIpc) is 2.29. The van der Waals surface area contributed by atoms with Gasteiger partial charge in [-0.1, -0.05) is 13.3 Å². The third kappa shape index (κ3) is 4.64. The summed E-state index contributed by atoms with van der Waals surface area (Å²) in [6.45, 7) is 5.37. The Hall–Kier alpha value is -1.21. The van der Waals surface area contributed by atoms with Crippen molar-refractivity contribution in [1.29, 1.82) is 0 Å². The van der Waals surface area contributed by atoms with E-state index in [-0.39, 0.29) is 0 Å². The van der Waals surface area contributed by atoms with Crippen LogP contribution in [-0.2, 0) is 9.05 Å². The SMILES string of the molecule is CCCC(C)(C)NC(=O)c1cc(F)cc(S(=O)(=O)Cl)c1F. The summed E-state index contributed by atoms with van der Waals surface area (Å²) in [6.07, 6.45) is 1.40. The fourth-order valence-electron chi connectivity index (χ4n) is 1.97. The van der Waals surface area contributed by atoms with Crippen molar-refractivity contribution in [2.24, 2.45) is 0 Å². The zero-order valence-corrected chi connectivity index (χ0v) is 13.4. The number of rotatable bonds is 5. The van der Waals surface area contributed by atoms with Gasteiger partial charge in [0.2, 0.25) is 0 Å². The molecule has 4 nitrogen and oxygen atoms in total. The van der Waals surface area contributed by atoms with Gasteiger partial charge in [-0.3, -0.25) is 4.79 Å². The van der Waals surface area contributed by atoms with Crippen molar-refractivity contribution < 1.29 is 22.0 Å². The number of hydrogen-bond acceptors (Lipinski definition) is 3. The second-order valence-electron chi connectivity index (χ2n) is 5.29. The summed E-state index contributed by atoms with van der Waals surface area (Å²) in [5.74, 6) is -3.32. The third-order valence-corrected chi connectivity index (χ3v) is 4.16. The predicted molar refractivity (Wildman–Crippen MR) is 75.9 cm³/mol. The van der Waals surface area contributed by atoms with Crippen LogP contribution < -0.4 is 5.32 Å². The summed E-state index contributed by atoms with van der Waals surface area (Å²) in [4.78, 5) is 11.0. The Morgan fingerprint density at radius 2 is 1.90 bits per heavy atom. The molecule has 0 aliphatic carbocycles. The lowest BCUT2D eigenvalue weighted by Gasteiger charge is -2.26. The lowest BCUT2D eigenvalue weighted by atomic mass is 9.98. The molecule has 0 aliphatic heterocycles. The molecule has 0 aromatic heterocycles. The van der Waals surface area contributed by atoms with E-state index >= 15 is 0 Å². The maximum absolute atomic E-state index is 14.1. The normalized spacial score (nSPS) is 12.3. The minimum Gasteiger partial charge on any atom is -0.347 e. The van der Waals surface area contributed by atoms with Crippen LogP contribution in [0, 0.1) is 11.6 Å². The molecule has 0 spiro atoms. The molecule has 0 atom stereocenters. The van der Waals surface area contributed by atoms with Crippen LogP contribution in [-0.4, -0.2) is 19.9 Å². The van der Waals surface area contributed by atoms with Gasteiger partial charge in [0.05, 0.1) is 5.56 Å². The summed E-state index contributed by atoms with van der Waals surface area (Å²) >= 11 is 0. The molecule has 8 heteroatoms. The van der Waals surface area contributed by atoms with E-state index in [0.717, 1.165) is 6.42 Å². The molecule has 1 aromatic rings. The first-order valence-corrected chi connectivity index (χ1v) is 8.55. The van der Waals surface area contributed by atoms with E-state index in [1.807, 2.05) is 6.92 Å². The molecule has 0 heterocycles. The number of halogens is 3. The lowest BCUT2D eigenvalue weighted by molar-refractivity contribution is 0.0903. The Morgan fingerprint density at radius 1 is 1.33 bits per heavy atom. The number of benzene rings is 1. The standard InChI is InChI=1S/C13H16ClF2NO3S/c1-4-5-13(2,3)17-12(18)9-6-8(15)7-10(11(9)16)21(14,19)20/h6-7H,4-5H2,1-3H3,(H,17,18). The zero-order valence-electron chi connectivity index (χ0n) is 11.8. The van der Waals surface area contributed by atoms with Crippen LogP contribution in [0.25, 0.3) is 0 Å². The predicted octanol–water partition coefficient (Wildman–Crippen LogP) is 3.20. The van der Waals surface area contributed by atoms with E-state index in [0.29, 0.717) is 18.6 Å². The highest BCUT2D eigenvalue weighted by molar-refractivity contribution is 8.13. The van der Waals surface area contributed by atoms with Gasteiger partial charge in [0.1, 0.15) is 10.7 Å². The van der Waals surface area contributed by atoms with Gasteiger partial charge in [0, 0.05) is 16.2 Å². The first kappa shape index (κ1) is 17.8. The van der Waals surface area contributed by atoms with E-state index in [9.17, 15) is 22.0 Å². The first-order chi connectivity index (χ1) is 9.48. The average molecular weight is 340 g/mol. The summed E-state index contributed by atoms with van der Waals surface area (Å²) in [5, 5.41) is 2.54. The van der Waals surface area contributed by atoms with Gasteiger partial charge in [-0.05, 0) is 32.4 Å². The van der Waals surface area contributed by atoms with Gasteiger partial charge in [-0.25, -0.2) is 17.2 Å². The maximum Gasteiger partial charge on any atom is 0.264 e. The summed E-state index contributed by atoms with van der Waals surface area (Å²) in [5.41, 5.74) is -1.33. The zero-order chi connectivity index (χ0) is 16.4. The van der Waals surface area contributed by atoms with E-state index < -0.39 is 42.6 Å². The summed E-state index contributed by atoms with van der Waals surface area (Å²) in [6, 6.07) is 1.07. The van der Waals surface area contributed by atoms with Crippen LogP contribution in [0.2, 0.25) is 0 Å². The largest absolute Gasteiger partial charge is 0.347 e. The molecule has 0 saturated heterocycles. The number of carbonyl (C=O) groups excluding carboxylic acids is 1. The van der Waals surface area contributed by atoms with Crippen LogP contribution in [0.15, 0.2) is 17.0 Å². The van der Waals surface area contributed by atoms with Crippen LogP contribution in [0.3, 0.4) is 0 Å². The Bertz CT molecular complexity index is 660. The number of amides is 1. The molecule has 1 N–H and O–H groups in total. The fraction of sp³-hybridized carbons (Fsp3) is 0.462. The van der Waals surface area contributed by atoms with E-state index in [1.165, 1.54) is 0 Å². The second-order valence-corrected chi connectivity index (χ2v) is 7.83. The highest BCUT2D eigenvalue weighted by atomic mass is 35.7. The smallest absolute Gasteiger partial charge is 0.264 e. The Kier molecular flexibility index (Phi) is 5.33. The summed E-state index contributed by atoms with van der Waals surface area (Å²) in [7, 11) is 0.540. The van der Waals surface area contributed by atoms with Crippen molar-refractivity contribution >= 4 is 25.6 Å². The molecule has 0 bridgehead atoms. The van der Waals surface area contributed by atoms with E-state index in [4.69, 9.17) is 10.7 Å². The molecular formula is C13H16ClF2NO3S. The van der Waals surface area contributed by atoms with Crippen molar-refractivity contribution in [3.63, 3.8) is 0 Å². The van der Waals surface area contributed by atoms with Crippen LogP contribution in [0.5, 0.6) is 0 Å². The van der Waals surface area contributed by atoms with Crippen LogP contribution in [0.1, 0.15) is 44.0 Å². The highest BCUT2D eigenvalue weighted by Crippen LogP contribution is 2.24. The Labute approximate surface area is 126 Å². The Morgan fingerprint density at radius 3 is 2.38 bits per heavy atom. The molecular weight excluding hydrogens is 324 g/mol. The van der Waals surface area contributed by atoms with Crippen molar-refractivity contribution in [2.75, 3.05) is 0 Å². The van der Waals surface area contributed by atoms with Crippen molar-refractivity contribution in [2.45, 2.75) is 44.0 Å². The molecule has 21 heavy (non-hydrogen) atoms. The van der Waals surface area contributed by atoms with Gasteiger partial charge < -0.3 is 5.32 Å². The molecule has 0 saturated carbocycles. The van der Waals surface area contributed by atoms with Gasteiger partial charge >= 0.3 is 0 Å². The monoisotopic (exact) mass is 339 g/mol. The molecule has 1 amide bonds. The van der Waals surface area contributed by atoms with Crippen LogP contribution in [0.4, 0.5) is 8.78 Å². The quantitative estimate of drug-likeness (QED) is 0.838. The number of hydrogen-bond donors (Lipinski definition) is 1. The highest BCUT2D eigenvalue weighted by Gasteiger charge is 2.27. The Balaban J connectivity index is 3.26. The van der Waals surface area contributed by atoms with Crippen molar-refractivity contribution in [3.05, 3.63) is 29.3 Å². The van der Waals surface area contributed by atoms with Crippen LogP contribution >= 0.6 is 10.7 Å². The molecule has 0 aliphatic rings. The van der Waals surface area contributed by atoms with E-state index in [2.05, 4.69) is 5.32 Å².